The van der Waals surface area contributed by atoms with Crippen molar-refractivity contribution in [1.82, 2.24) is 10.2 Å². The number of nitrogens with one attached hydrogen (secondary N) is 1. The lowest BCUT2D eigenvalue weighted by Gasteiger charge is -2.31. The third-order valence-electron chi connectivity index (χ3n) is 4.72. The molecule has 2 rings (SSSR count). The summed E-state index contributed by atoms with van der Waals surface area (Å²) in [5, 5.41) is 3.53. The van der Waals surface area contributed by atoms with E-state index in [4.69, 9.17) is 11.6 Å². The molecule has 0 saturated carbocycles. The second-order valence-electron chi connectivity index (χ2n) is 7.30. The number of halogens is 1. The van der Waals surface area contributed by atoms with Gasteiger partial charge < -0.3 is 10.2 Å². The molecule has 2 aromatic carbocycles. The third-order valence-corrected chi connectivity index (χ3v) is 5.09. The summed E-state index contributed by atoms with van der Waals surface area (Å²) in [6.45, 7) is 8.04. The summed E-state index contributed by atoms with van der Waals surface area (Å²) in [7, 11) is 0. The molecule has 2 aromatic rings. The topological polar surface area (TPSA) is 49.4 Å². The van der Waals surface area contributed by atoms with Crippen LogP contribution < -0.4 is 5.32 Å². The monoisotopic (exact) mass is 400 g/mol. The molecule has 0 aliphatic heterocycles. The van der Waals surface area contributed by atoms with E-state index in [1.165, 1.54) is 0 Å². The fourth-order valence-electron chi connectivity index (χ4n) is 3.18. The van der Waals surface area contributed by atoms with Crippen LogP contribution in [0.4, 0.5) is 0 Å². The van der Waals surface area contributed by atoms with E-state index < -0.39 is 6.04 Å². The Morgan fingerprint density at radius 3 is 2.21 bits per heavy atom. The first-order valence-corrected chi connectivity index (χ1v) is 10.1. The average molecular weight is 401 g/mol. The Bertz CT molecular complexity index is 820. The van der Waals surface area contributed by atoms with Crippen molar-refractivity contribution in [3.05, 3.63) is 70.2 Å². The summed E-state index contributed by atoms with van der Waals surface area (Å²) in [5.74, 6) is -0.220. The Morgan fingerprint density at radius 1 is 1.04 bits per heavy atom. The predicted octanol–water partition coefficient (Wildman–Crippen LogP) is 4.52. The number of carbonyl (C=O) groups excluding carboxylic acids is 2. The molecule has 2 amide bonds. The van der Waals surface area contributed by atoms with Crippen LogP contribution in [0, 0.1) is 6.92 Å². The lowest BCUT2D eigenvalue weighted by Crippen LogP contribution is -2.50. The predicted molar refractivity (Wildman–Crippen MR) is 114 cm³/mol. The molecule has 0 saturated heterocycles. The Labute approximate surface area is 172 Å². The SMILES string of the molecule is CCC(C(=O)NC(C)C)N(Cc1ccccc1Cl)C(=O)Cc1ccccc1C. The maximum absolute atomic E-state index is 13.3. The summed E-state index contributed by atoms with van der Waals surface area (Å²) in [6.07, 6.45) is 0.783. The summed E-state index contributed by atoms with van der Waals surface area (Å²) >= 11 is 6.33. The van der Waals surface area contributed by atoms with Crippen LogP contribution in [0.1, 0.15) is 43.9 Å². The molecule has 0 aliphatic rings. The number of carbonyl (C=O) groups is 2. The molecule has 4 nitrogen and oxygen atoms in total. The zero-order valence-electron chi connectivity index (χ0n) is 17.0. The molecule has 0 heterocycles. The van der Waals surface area contributed by atoms with E-state index in [0.29, 0.717) is 18.0 Å². The van der Waals surface area contributed by atoms with Gasteiger partial charge in [0.1, 0.15) is 6.04 Å². The number of rotatable bonds is 8. The van der Waals surface area contributed by atoms with E-state index in [2.05, 4.69) is 5.32 Å². The van der Waals surface area contributed by atoms with Gasteiger partial charge in [0.15, 0.2) is 0 Å². The second kappa shape index (κ2) is 10.3. The van der Waals surface area contributed by atoms with Gasteiger partial charge in [-0.3, -0.25) is 9.59 Å². The highest BCUT2D eigenvalue weighted by Crippen LogP contribution is 2.21. The van der Waals surface area contributed by atoms with Crippen molar-refractivity contribution < 1.29 is 9.59 Å². The number of hydrogen-bond acceptors (Lipinski definition) is 2. The Hall–Kier alpha value is -2.33. The van der Waals surface area contributed by atoms with Crippen molar-refractivity contribution in [3.8, 4) is 0 Å². The summed E-state index contributed by atoms with van der Waals surface area (Å²) in [4.78, 5) is 27.7. The molecule has 150 valence electrons. The van der Waals surface area contributed by atoms with Crippen molar-refractivity contribution in [2.45, 2.75) is 59.2 Å². The van der Waals surface area contributed by atoms with Crippen molar-refractivity contribution in [3.63, 3.8) is 0 Å². The molecule has 28 heavy (non-hydrogen) atoms. The van der Waals surface area contributed by atoms with Gasteiger partial charge in [0.25, 0.3) is 0 Å². The largest absolute Gasteiger partial charge is 0.352 e. The maximum Gasteiger partial charge on any atom is 0.243 e. The van der Waals surface area contributed by atoms with Gasteiger partial charge in [-0.2, -0.15) is 0 Å². The number of hydrogen-bond donors (Lipinski definition) is 1. The molecular formula is C23H29ClN2O2. The number of amides is 2. The van der Waals surface area contributed by atoms with Crippen LogP contribution in [0.2, 0.25) is 5.02 Å². The standard InChI is InChI=1S/C23H29ClN2O2/c1-5-21(23(28)25-16(2)3)26(15-19-12-8-9-13-20(19)24)22(27)14-18-11-7-6-10-17(18)4/h6-13,16,21H,5,14-15H2,1-4H3,(H,25,28). The highest BCUT2D eigenvalue weighted by Gasteiger charge is 2.29. The average Bonchev–Trinajstić information content (AvgIpc) is 2.64. The Balaban J connectivity index is 2.33. The van der Waals surface area contributed by atoms with E-state index in [1.54, 1.807) is 11.0 Å². The minimum absolute atomic E-state index is 0.00943. The first kappa shape index (κ1) is 22.0. The molecule has 0 bridgehead atoms. The minimum Gasteiger partial charge on any atom is -0.352 e. The van der Waals surface area contributed by atoms with Crippen LogP contribution >= 0.6 is 11.6 Å². The smallest absolute Gasteiger partial charge is 0.243 e. The molecule has 1 N–H and O–H groups in total. The van der Waals surface area contributed by atoms with E-state index in [9.17, 15) is 9.59 Å². The van der Waals surface area contributed by atoms with Gasteiger partial charge in [0, 0.05) is 17.6 Å². The normalized spacial score (nSPS) is 11.9. The molecule has 1 unspecified atom stereocenters. The fraction of sp³-hybridized carbons (Fsp3) is 0.391. The van der Waals surface area contributed by atoms with Crippen LogP contribution in [0.15, 0.2) is 48.5 Å². The lowest BCUT2D eigenvalue weighted by atomic mass is 10.0. The number of aryl methyl sites for hydroxylation is 1. The van der Waals surface area contributed by atoms with Crippen molar-refractivity contribution in [2.24, 2.45) is 0 Å². The van der Waals surface area contributed by atoms with Crippen LogP contribution in [0.25, 0.3) is 0 Å². The molecular weight excluding hydrogens is 372 g/mol. The Morgan fingerprint density at radius 2 is 1.64 bits per heavy atom. The van der Waals surface area contributed by atoms with Crippen LogP contribution in [-0.4, -0.2) is 28.8 Å². The van der Waals surface area contributed by atoms with Gasteiger partial charge in [-0.15, -0.1) is 0 Å². The highest BCUT2D eigenvalue weighted by atomic mass is 35.5. The highest BCUT2D eigenvalue weighted by molar-refractivity contribution is 6.31. The number of nitrogens with zero attached hydrogens (tertiary/aromatic N) is 1. The maximum atomic E-state index is 13.3. The quantitative estimate of drug-likeness (QED) is 0.708. The third kappa shape index (κ3) is 5.83. The number of benzene rings is 2. The van der Waals surface area contributed by atoms with Crippen LogP contribution in [0.3, 0.4) is 0 Å². The summed E-state index contributed by atoms with van der Waals surface area (Å²) in [6, 6.07) is 14.7. The van der Waals surface area contributed by atoms with Gasteiger partial charge in [0.05, 0.1) is 6.42 Å². The molecule has 0 radical (unpaired) electrons. The van der Waals surface area contributed by atoms with Crippen LogP contribution in [0.5, 0.6) is 0 Å². The molecule has 0 fully saturated rings. The summed E-state index contributed by atoms with van der Waals surface area (Å²) in [5.41, 5.74) is 2.86. The van der Waals surface area contributed by atoms with Gasteiger partial charge >= 0.3 is 0 Å². The first-order valence-electron chi connectivity index (χ1n) is 9.71. The van der Waals surface area contributed by atoms with Crippen molar-refractivity contribution in [2.75, 3.05) is 0 Å². The lowest BCUT2D eigenvalue weighted by molar-refractivity contribution is -0.141. The van der Waals surface area contributed by atoms with Crippen molar-refractivity contribution >= 4 is 23.4 Å². The minimum atomic E-state index is -0.546. The second-order valence-corrected chi connectivity index (χ2v) is 7.71. The van der Waals surface area contributed by atoms with Gasteiger partial charge in [-0.05, 0) is 49.9 Å². The van der Waals surface area contributed by atoms with Gasteiger partial charge in [-0.1, -0.05) is 61.0 Å². The molecule has 0 aromatic heterocycles. The zero-order chi connectivity index (χ0) is 20.7. The first-order chi connectivity index (χ1) is 13.3. The van der Waals surface area contributed by atoms with E-state index in [1.807, 2.05) is 70.2 Å². The van der Waals surface area contributed by atoms with Crippen molar-refractivity contribution in [1.29, 1.82) is 0 Å². The molecule has 0 spiro atoms. The van der Waals surface area contributed by atoms with E-state index in [-0.39, 0.29) is 24.3 Å². The molecule has 1 atom stereocenters. The van der Waals surface area contributed by atoms with Gasteiger partial charge in [-0.25, -0.2) is 0 Å². The van der Waals surface area contributed by atoms with Gasteiger partial charge in [0.2, 0.25) is 11.8 Å². The fourth-order valence-corrected chi connectivity index (χ4v) is 3.38. The Kier molecular flexibility index (Phi) is 8.06. The zero-order valence-corrected chi connectivity index (χ0v) is 17.8. The van der Waals surface area contributed by atoms with E-state index in [0.717, 1.165) is 16.7 Å². The molecule has 0 aliphatic carbocycles. The molecule has 5 heteroatoms. The van der Waals surface area contributed by atoms with Crippen LogP contribution in [-0.2, 0) is 22.6 Å². The van der Waals surface area contributed by atoms with E-state index >= 15 is 0 Å². The summed E-state index contributed by atoms with van der Waals surface area (Å²) < 4.78 is 0.